The van der Waals surface area contributed by atoms with E-state index in [1.165, 1.54) is 0 Å². The summed E-state index contributed by atoms with van der Waals surface area (Å²) in [6.07, 6.45) is 1.60. The van der Waals surface area contributed by atoms with E-state index < -0.39 is 23.6 Å². The fourth-order valence-electron chi connectivity index (χ4n) is 3.18. The maximum atomic E-state index is 13.0. The second-order valence-corrected chi connectivity index (χ2v) is 8.55. The van der Waals surface area contributed by atoms with Crippen LogP contribution in [0.4, 0.5) is 10.5 Å². The summed E-state index contributed by atoms with van der Waals surface area (Å²) in [4.78, 5) is 37.7. The van der Waals surface area contributed by atoms with Crippen molar-refractivity contribution in [1.29, 1.82) is 0 Å². The molecule has 0 unspecified atom stereocenters. The summed E-state index contributed by atoms with van der Waals surface area (Å²) in [5.74, 6) is -0.799. The first-order valence-corrected chi connectivity index (χ1v) is 10.2. The lowest BCUT2D eigenvalue weighted by atomic mass is 9.98. The van der Waals surface area contributed by atoms with Crippen molar-refractivity contribution >= 4 is 23.6 Å². The normalized spacial score (nSPS) is 14.9. The van der Waals surface area contributed by atoms with Crippen molar-refractivity contribution in [1.82, 2.24) is 25.6 Å². The number of benzene rings is 1. The number of fused-ring (bicyclic) bond motifs is 3. The van der Waals surface area contributed by atoms with Gasteiger partial charge in [0.25, 0.3) is 5.91 Å². The molecule has 2 atom stereocenters. The van der Waals surface area contributed by atoms with Gasteiger partial charge in [0.05, 0.1) is 29.7 Å². The Morgan fingerprint density at radius 3 is 2.74 bits per heavy atom. The number of nitrogens with zero attached hydrogens (tertiary/aromatic N) is 3. The van der Waals surface area contributed by atoms with Gasteiger partial charge >= 0.3 is 6.09 Å². The van der Waals surface area contributed by atoms with Crippen molar-refractivity contribution in [2.45, 2.75) is 59.2 Å². The molecule has 0 saturated carbocycles. The first-order chi connectivity index (χ1) is 14.6. The van der Waals surface area contributed by atoms with Crippen LogP contribution < -0.4 is 16.0 Å². The van der Waals surface area contributed by atoms with Gasteiger partial charge in [-0.05, 0) is 44.9 Å². The van der Waals surface area contributed by atoms with Crippen LogP contribution in [0.2, 0.25) is 0 Å². The molecule has 0 fully saturated rings. The third kappa shape index (κ3) is 5.19. The van der Waals surface area contributed by atoms with Crippen molar-refractivity contribution < 1.29 is 19.1 Å². The van der Waals surface area contributed by atoms with Crippen LogP contribution >= 0.6 is 0 Å². The Balaban J connectivity index is 1.81. The highest BCUT2D eigenvalue weighted by atomic mass is 16.6. The van der Waals surface area contributed by atoms with Gasteiger partial charge in [-0.25, -0.2) is 9.48 Å². The molecule has 0 bridgehead atoms. The number of hydrogen-bond acceptors (Lipinski definition) is 6. The van der Waals surface area contributed by atoms with Gasteiger partial charge in [-0.3, -0.25) is 9.59 Å². The molecule has 3 rings (SSSR count). The molecular formula is C21H28N6O4. The number of rotatable bonds is 5. The number of nitrogens with one attached hydrogen (secondary N) is 3. The van der Waals surface area contributed by atoms with Gasteiger partial charge in [0.2, 0.25) is 5.91 Å². The maximum Gasteiger partial charge on any atom is 0.408 e. The average Bonchev–Trinajstić information content (AvgIpc) is 3.12. The van der Waals surface area contributed by atoms with E-state index in [1.54, 1.807) is 49.8 Å². The minimum absolute atomic E-state index is 0.130. The summed E-state index contributed by atoms with van der Waals surface area (Å²) < 4.78 is 6.88. The number of aromatic nitrogens is 3. The van der Waals surface area contributed by atoms with E-state index in [0.29, 0.717) is 29.9 Å². The van der Waals surface area contributed by atoms with E-state index in [1.807, 2.05) is 13.8 Å². The van der Waals surface area contributed by atoms with E-state index in [2.05, 4.69) is 26.3 Å². The lowest BCUT2D eigenvalue weighted by Gasteiger charge is -2.26. The molecule has 10 heteroatoms. The minimum atomic E-state index is -0.797. The van der Waals surface area contributed by atoms with Crippen LogP contribution in [-0.2, 0) is 16.1 Å². The number of amides is 3. The fraction of sp³-hybridized carbons (Fsp3) is 0.476. The van der Waals surface area contributed by atoms with Gasteiger partial charge in [0.1, 0.15) is 11.6 Å². The Bertz CT molecular complexity index is 994. The zero-order valence-corrected chi connectivity index (χ0v) is 18.4. The van der Waals surface area contributed by atoms with Crippen LogP contribution in [0, 0.1) is 5.92 Å². The Morgan fingerprint density at radius 2 is 2.06 bits per heavy atom. The predicted molar refractivity (Wildman–Crippen MR) is 114 cm³/mol. The molecule has 2 heterocycles. The molecule has 1 aliphatic rings. The molecule has 1 aromatic carbocycles. The Hall–Kier alpha value is -3.43. The third-order valence-electron chi connectivity index (χ3n) is 4.95. The molecule has 3 N–H and O–H groups in total. The van der Waals surface area contributed by atoms with Gasteiger partial charge in [-0.2, -0.15) is 0 Å². The Kier molecular flexibility index (Phi) is 6.28. The lowest BCUT2D eigenvalue weighted by molar-refractivity contribution is -0.119. The van der Waals surface area contributed by atoms with Crippen LogP contribution in [0.5, 0.6) is 0 Å². The predicted octanol–water partition coefficient (Wildman–Crippen LogP) is 2.39. The molecule has 0 radical (unpaired) electrons. The Labute approximate surface area is 180 Å². The maximum absolute atomic E-state index is 13.0. The van der Waals surface area contributed by atoms with Crippen molar-refractivity contribution in [3.8, 4) is 5.69 Å². The highest BCUT2D eigenvalue weighted by Gasteiger charge is 2.29. The molecule has 10 nitrogen and oxygen atoms in total. The number of carbonyl (C=O) groups is 3. The lowest BCUT2D eigenvalue weighted by Crippen LogP contribution is -2.49. The first kappa shape index (κ1) is 22.3. The molecule has 1 aliphatic heterocycles. The summed E-state index contributed by atoms with van der Waals surface area (Å²) in [6, 6.07) is 4.17. The van der Waals surface area contributed by atoms with Gasteiger partial charge in [0, 0.05) is 5.69 Å². The molecule has 0 saturated heterocycles. The topological polar surface area (TPSA) is 127 Å². The summed E-state index contributed by atoms with van der Waals surface area (Å²) >= 11 is 0. The van der Waals surface area contributed by atoms with Gasteiger partial charge in [-0.15, -0.1) is 5.10 Å². The smallest absolute Gasteiger partial charge is 0.408 e. The fourth-order valence-corrected chi connectivity index (χ4v) is 3.18. The first-order valence-electron chi connectivity index (χ1n) is 10.2. The highest BCUT2D eigenvalue weighted by molar-refractivity contribution is 6.01. The van der Waals surface area contributed by atoms with Crippen LogP contribution in [0.15, 0.2) is 24.4 Å². The van der Waals surface area contributed by atoms with E-state index in [0.717, 1.165) is 5.69 Å². The molecule has 3 amide bonds. The molecule has 2 aromatic rings. The summed E-state index contributed by atoms with van der Waals surface area (Å²) in [5, 5.41) is 16.2. The van der Waals surface area contributed by atoms with Crippen LogP contribution in [0.1, 0.15) is 57.1 Å². The number of ether oxygens (including phenoxy) is 1. The monoisotopic (exact) mass is 428 g/mol. The molecule has 0 aliphatic carbocycles. The molecule has 166 valence electrons. The van der Waals surface area contributed by atoms with Crippen molar-refractivity contribution in [3.05, 3.63) is 35.7 Å². The number of alkyl carbamates (subject to hydrolysis) is 1. The largest absolute Gasteiger partial charge is 0.444 e. The highest BCUT2D eigenvalue weighted by Crippen LogP contribution is 2.23. The molecule has 31 heavy (non-hydrogen) atoms. The van der Waals surface area contributed by atoms with Crippen molar-refractivity contribution in [2.75, 3.05) is 5.32 Å². The van der Waals surface area contributed by atoms with E-state index in [9.17, 15) is 14.4 Å². The van der Waals surface area contributed by atoms with Crippen LogP contribution in [0.3, 0.4) is 0 Å². The second-order valence-electron chi connectivity index (χ2n) is 8.55. The van der Waals surface area contributed by atoms with Gasteiger partial charge in [0.15, 0.2) is 0 Å². The standard InChI is InChI=1S/C21H28N6O4/c1-6-12(2)17(25-20(30)31-21(3,4)5)19(29)24-13-7-8-16-15(9-13)18(28)22-10-14-11-23-26-27(14)16/h7-9,11-12,17H,6,10H2,1-5H3,(H,22,28)(H,24,29)(H,25,30)/t12-,17-/m0/s1. The summed E-state index contributed by atoms with van der Waals surface area (Å²) in [7, 11) is 0. The molecule has 1 aromatic heterocycles. The zero-order chi connectivity index (χ0) is 22.8. The summed E-state index contributed by atoms with van der Waals surface area (Å²) in [6.45, 7) is 9.38. The number of hydrogen-bond donors (Lipinski definition) is 3. The van der Waals surface area contributed by atoms with E-state index >= 15 is 0 Å². The molecular weight excluding hydrogens is 400 g/mol. The van der Waals surface area contributed by atoms with Crippen LogP contribution in [-0.4, -0.2) is 44.5 Å². The summed E-state index contributed by atoms with van der Waals surface area (Å²) in [5.41, 5.74) is 1.45. The Morgan fingerprint density at radius 1 is 1.32 bits per heavy atom. The second kappa shape index (κ2) is 8.75. The van der Waals surface area contributed by atoms with E-state index in [4.69, 9.17) is 4.74 Å². The number of anilines is 1. The van der Waals surface area contributed by atoms with Crippen molar-refractivity contribution in [2.24, 2.45) is 5.92 Å². The minimum Gasteiger partial charge on any atom is -0.444 e. The average molecular weight is 428 g/mol. The number of carbonyl (C=O) groups excluding carboxylic acids is 3. The van der Waals surface area contributed by atoms with Gasteiger partial charge in [-0.1, -0.05) is 25.5 Å². The zero-order valence-electron chi connectivity index (χ0n) is 18.4. The van der Waals surface area contributed by atoms with Crippen molar-refractivity contribution in [3.63, 3.8) is 0 Å². The SMILES string of the molecule is CC[C@H](C)[C@H](NC(=O)OC(C)(C)C)C(=O)Nc1ccc2c(c1)C(=O)NCc1cnnn1-2. The van der Waals surface area contributed by atoms with Gasteiger partial charge < -0.3 is 20.7 Å². The quantitative estimate of drug-likeness (QED) is 0.671. The van der Waals surface area contributed by atoms with Crippen LogP contribution in [0.25, 0.3) is 5.69 Å². The van der Waals surface area contributed by atoms with E-state index in [-0.39, 0.29) is 11.8 Å². The third-order valence-corrected chi connectivity index (χ3v) is 4.95. The molecule has 0 spiro atoms.